The second-order valence-corrected chi connectivity index (χ2v) is 8.38. The van der Waals surface area contributed by atoms with Gasteiger partial charge in [-0.15, -0.1) is 0 Å². The van der Waals surface area contributed by atoms with Crippen molar-refractivity contribution in [2.24, 2.45) is 4.99 Å². The molecule has 0 bridgehead atoms. The molecule has 7 heteroatoms. The second kappa shape index (κ2) is 9.83. The van der Waals surface area contributed by atoms with Gasteiger partial charge in [0.2, 0.25) is 0 Å². The number of benzene rings is 2. The first-order valence-corrected chi connectivity index (χ1v) is 11.4. The third-order valence-corrected chi connectivity index (χ3v) is 6.29. The summed E-state index contributed by atoms with van der Waals surface area (Å²) in [5.74, 6) is 0.216. The first-order chi connectivity index (χ1) is 16.0. The van der Waals surface area contributed by atoms with Crippen LogP contribution in [-0.4, -0.2) is 24.3 Å². The molecule has 0 saturated carbocycles. The number of aromatic nitrogens is 1. The van der Waals surface area contributed by atoms with Crippen molar-refractivity contribution in [2.45, 2.75) is 19.9 Å². The number of methoxy groups -OCH3 is 1. The van der Waals surface area contributed by atoms with Crippen molar-refractivity contribution >= 4 is 29.5 Å². The summed E-state index contributed by atoms with van der Waals surface area (Å²) in [7, 11) is 1.59. The summed E-state index contributed by atoms with van der Waals surface area (Å²) in [5, 5.41) is 0. The molecule has 0 aliphatic carbocycles. The summed E-state index contributed by atoms with van der Waals surface area (Å²) >= 11 is 1.30. The molecule has 1 aliphatic rings. The second-order valence-electron chi connectivity index (χ2n) is 7.37. The molecule has 168 valence electrons. The van der Waals surface area contributed by atoms with Crippen molar-refractivity contribution in [3.05, 3.63) is 103 Å². The zero-order valence-corrected chi connectivity index (χ0v) is 19.5. The molecule has 6 nitrogen and oxygen atoms in total. The van der Waals surface area contributed by atoms with E-state index in [1.165, 1.54) is 11.3 Å². The number of thiazole rings is 1. The average Bonchev–Trinajstić information content (AvgIpc) is 3.13. The Bertz CT molecular complexity index is 1400. The quantitative estimate of drug-likeness (QED) is 0.528. The fourth-order valence-electron chi connectivity index (χ4n) is 3.72. The molecule has 0 N–H and O–H groups in total. The van der Waals surface area contributed by atoms with Gasteiger partial charge in [-0.05, 0) is 43.2 Å². The van der Waals surface area contributed by atoms with E-state index in [1.54, 1.807) is 31.6 Å². The molecule has 0 unspecified atom stereocenters. The van der Waals surface area contributed by atoms with Crippen LogP contribution in [0.3, 0.4) is 0 Å². The fraction of sp³-hybridized carbons (Fsp3) is 0.192. The van der Waals surface area contributed by atoms with Crippen molar-refractivity contribution in [3.8, 4) is 5.75 Å². The molecule has 3 aromatic rings. The highest BCUT2D eigenvalue weighted by Gasteiger charge is 2.33. The lowest BCUT2D eigenvalue weighted by atomic mass is 9.96. The first kappa shape index (κ1) is 22.5. The Balaban J connectivity index is 1.85. The molecule has 1 aromatic heterocycles. The number of carbonyl (C=O) groups is 1. The Morgan fingerprint density at radius 1 is 1.15 bits per heavy atom. The molecule has 1 aliphatic heterocycles. The topological polar surface area (TPSA) is 69.9 Å². The molecule has 1 atom stereocenters. The van der Waals surface area contributed by atoms with E-state index in [2.05, 4.69) is 4.99 Å². The zero-order valence-electron chi connectivity index (χ0n) is 18.6. The summed E-state index contributed by atoms with van der Waals surface area (Å²) < 4.78 is 12.7. The zero-order chi connectivity index (χ0) is 23.4. The Hall–Kier alpha value is -3.71. The molecule has 0 fully saturated rings. The van der Waals surface area contributed by atoms with Crippen LogP contribution in [0, 0.1) is 0 Å². The van der Waals surface area contributed by atoms with Gasteiger partial charge in [0.05, 0.1) is 35.6 Å². The molecule has 0 amide bonds. The Labute approximate surface area is 195 Å². The molecule has 33 heavy (non-hydrogen) atoms. The highest BCUT2D eigenvalue weighted by atomic mass is 32.1. The number of hydrogen-bond donors (Lipinski definition) is 0. The number of esters is 1. The van der Waals surface area contributed by atoms with E-state index < -0.39 is 12.0 Å². The van der Waals surface area contributed by atoms with Gasteiger partial charge in [0.25, 0.3) is 5.56 Å². The van der Waals surface area contributed by atoms with Gasteiger partial charge in [0.15, 0.2) is 4.80 Å². The molecular weight excluding hydrogens is 436 g/mol. The van der Waals surface area contributed by atoms with Gasteiger partial charge in [-0.25, -0.2) is 9.79 Å². The lowest BCUT2D eigenvalue weighted by Gasteiger charge is -2.24. The molecule has 2 heterocycles. The van der Waals surface area contributed by atoms with Crippen LogP contribution in [0.4, 0.5) is 0 Å². The average molecular weight is 461 g/mol. The van der Waals surface area contributed by atoms with Crippen molar-refractivity contribution in [1.82, 2.24) is 4.57 Å². The molecule has 0 spiro atoms. The smallest absolute Gasteiger partial charge is 0.338 e. The number of rotatable bonds is 6. The van der Waals surface area contributed by atoms with Crippen molar-refractivity contribution in [1.29, 1.82) is 0 Å². The predicted molar refractivity (Wildman–Crippen MR) is 130 cm³/mol. The maximum atomic E-state index is 13.4. The third kappa shape index (κ3) is 4.59. The van der Waals surface area contributed by atoms with Gasteiger partial charge in [-0.1, -0.05) is 66.0 Å². The third-order valence-electron chi connectivity index (χ3n) is 5.28. The molecule has 0 radical (unpaired) electrons. The van der Waals surface area contributed by atoms with Crippen LogP contribution in [-0.2, 0) is 9.53 Å². The van der Waals surface area contributed by atoms with E-state index >= 15 is 0 Å². The highest BCUT2D eigenvalue weighted by Crippen LogP contribution is 2.31. The van der Waals surface area contributed by atoms with Gasteiger partial charge in [0.1, 0.15) is 5.75 Å². The summed E-state index contributed by atoms with van der Waals surface area (Å²) in [6.07, 6.45) is 5.57. The van der Waals surface area contributed by atoms with Gasteiger partial charge in [-0.2, -0.15) is 0 Å². The van der Waals surface area contributed by atoms with Gasteiger partial charge in [-0.3, -0.25) is 9.36 Å². The number of carbonyl (C=O) groups excluding carboxylic acids is 1. The standard InChI is InChI=1S/C26H24N2O4S/c1-4-32-25(30)22-17(2)27-26-28(23(22)19-13-15-20(31-3)16-14-19)24(29)21(33-26)12-8-11-18-9-6-5-7-10-18/h5-16,23H,4H2,1-3H3/b11-8+,21-12+/t23-/m1/s1. The number of fused-ring (bicyclic) bond motifs is 1. The molecule has 0 saturated heterocycles. The van der Waals surface area contributed by atoms with E-state index in [9.17, 15) is 9.59 Å². The van der Waals surface area contributed by atoms with Gasteiger partial charge < -0.3 is 9.47 Å². The Kier molecular flexibility index (Phi) is 6.70. The van der Waals surface area contributed by atoms with Crippen LogP contribution in [0.2, 0.25) is 0 Å². The lowest BCUT2D eigenvalue weighted by molar-refractivity contribution is -0.139. The molecule has 2 aromatic carbocycles. The number of allylic oxidation sites excluding steroid dienone is 2. The van der Waals surface area contributed by atoms with Crippen LogP contribution < -0.4 is 19.6 Å². The van der Waals surface area contributed by atoms with Crippen LogP contribution in [0.15, 0.2) is 81.7 Å². The predicted octanol–water partition coefficient (Wildman–Crippen LogP) is 3.47. The van der Waals surface area contributed by atoms with E-state index in [0.29, 0.717) is 26.4 Å². The summed E-state index contributed by atoms with van der Waals surface area (Å²) in [6.45, 7) is 3.76. The monoisotopic (exact) mass is 460 g/mol. The van der Waals surface area contributed by atoms with E-state index in [1.807, 2.05) is 66.7 Å². The van der Waals surface area contributed by atoms with E-state index in [0.717, 1.165) is 11.1 Å². The minimum absolute atomic E-state index is 0.202. The molecular formula is C26H24N2O4S. The van der Waals surface area contributed by atoms with Crippen molar-refractivity contribution < 1.29 is 14.3 Å². The van der Waals surface area contributed by atoms with E-state index in [-0.39, 0.29) is 12.2 Å². The highest BCUT2D eigenvalue weighted by molar-refractivity contribution is 7.07. The van der Waals surface area contributed by atoms with Crippen LogP contribution in [0.5, 0.6) is 5.75 Å². The number of ether oxygens (including phenoxy) is 2. The first-order valence-electron chi connectivity index (χ1n) is 10.6. The van der Waals surface area contributed by atoms with Crippen molar-refractivity contribution in [2.75, 3.05) is 13.7 Å². The van der Waals surface area contributed by atoms with Crippen LogP contribution in [0.25, 0.3) is 12.2 Å². The largest absolute Gasteiger partial charge is 0.497 e. The number of hydrogen-bond acceptors (Lipinski definition) is 6. The normalized spacial score (nSPS) is 16.0. The Morgan fingerprint density at radius 3 is 2.55 bits per heavy atom. The van der Waals surface area contributed by atoms with Crippen LogP contribution >= 0.6 is 11.3 Å². The summed E-state index contributed by atoms with van der Waals surface area (Å²) in [5.41, 5.74) is 2.52. The Morgan fingerprint density at radius 2 is 1.88 bits per heavy atom. The minimum Gasteiger partial charge on any atom is -0.497 e. The van der Waals surface area contributed by atoms with Crippen LogP contribution in [0.1, 0.15) is 31.0 Å². The number of nitrogens with zero attached hydrogens (tertiary/aromatic N) is 2. The van der Waals surface area contributed by atoms with Crippen molar-refractivity contribution in [3.63, 3.8) is 0 Å². The van der Waals surface area contributed by atoms with Gasteiger partial charge >= 0.3 is 5.97 Å². The lowest BCUT2D eigenvalue weighted by Crippen LogP contribution is -2.39. The maximum Gasteiger partial charge on any atom is 0.338 e. The summed E-state index contributed by atoms with van der Waals surface area (Å²) in [6, 6.07) is 16.6. The SMILES string of the molecule is CCOC(=O)C1=C(C)N=c2s/c(=C/C=C/c3ccccc3)c(=O)n2[C@@H]1c1ccc(OC)cc1. The van der Waals surface area contributed by atoms with Gasteiger partial charge in [0, 0.05) is 0 Å². The fourth-order valence-corrected chi connectivity index (χ4v) is 4.72. The summed E-state index contributed by atoms with van der Waals surface area (Å²) in [4.78, 5) is 31.4. The van der Waals surface area contributed by atoms with E-state index in [4.69, 9.17) is 9.47 Å². The maximum absolute atomic E-state index is 13.4. The molecule has 4 rings (SSSR count). The minimum atomic E-state index is -0.633.